The van der Waals surface area contributed by atoms with E-state index in [1.54, 1.807) is 6.08 Å². The van der Waals surface area contributed by atoms with Gasteiger partial charge in [-0.05, 0) is 37.5 Å². The van der Waals surface area contributed by atoms with Crippen LogP contribution in [0.1, 0.15) is 25.8 Å². The van der Waals surface area contributed by atoms with Crippen molar-refractivity contribution in [3.8, 4) is 5.75 Å². The molecule has 0 bridgehead atoms. The third kappa shape index (κ3) is 3.27. The molecular formula is C15H20O. The number of hydrogen-bond donors (Lipinski definition) is 0. The lowest BCUT2D eigenvalue weighted by Crippen LogP contribution is -2.17. The highest BCUT2D eigenvalue weighted by Crippen LogP contribution is 2.21. The van der Waals surface area contributed by atoms with Crippen LogP contribution in [0.25, 0.3) is 0 Å². The normalized spacial score (nSPS) is 13.3. The van der Waals surface area contributed by atoms with Gasteiger partial charge in [0.1, 0.15) is 11.9 Å². The number of rotatable bonds is 5. The van der Waals surface area contributed by atoms with Crippen LogP contribution in [0.5, 0.6) is 5.75 Å². The Morgan fingerprint density at radius 3 is 2.69 bits per heavy atom. The summed E-state index contributed by atoms with van der Waals surface area (Å²) in [5.74, 6) is 0.964. The largest absolute Gasteiger partial charge is 0.486 e. The minimum atomic E-state index is 0.138. The van der Waals surface area contributed by atoms with Crippen LogP contribution in [0.3, 0.4) is 0 Å². The SMILES string of the molecule is C=CC=C(C)[C@@H](CC)Oc1ccccc1C. The zero-order chi connectivity index (χ0) is 12.0. The quantitative estimate of drug-likeness (QED) is 0.667. The van der Waals surface area contributed by atoms with Crippen molar-refractivity contribution in [1.82, 2.24) is 0 Å². The molecule has 0 unspecified atom stereocenters. The summed E-state index contributed by atoms with van der Waals surface area (Å²) >= 11 is 0. The molecule has 1 atom stereocenters. The number of benzene rings is 1. The minimum absolute atomic E-state index is 0.138. The van der Waals surface area contributed by atoms with E-state index in [1.807, 2.05) is 24.3 Å². The molecule has 0 saturated carbocycles. The molecule has 0 amide bonds. The molecule has 1 aromatic carbocycles. The molecule has 0 aliphatic rings. The molecule has 1 aromatic rings. The van der Waals surface area contributed by atoms with Crippen molar-refractivity contribution in [1.29, 1.82) is 0 Å². The molecule has 1 nitrogen and oxygen atoms in total. The molecule has 0 aliphatic carbocycles. The highest BCUT2D eigenvalue weighted by atomic mass is 16.5. The van der Waals surface area contributed by atoms with Gasteiger partial charge in [-0.25, -0.2) is 0 Å². The first-order valence-corrected chi connectivity index (χ1v) is 5.70. The molecule has 1 heteroatoms. The van der Waals surface area contributed by atoms with Crippen LogP contribution >= 0.6 is 0 Å². The summed E-state index contributed by atoms with van der Waals surface area (Å²) in [5, 5.41) is 0. The van der Waals surface area contributed by atoms with Crippen molar-refractivity contribution in [2.75, 3.05) is 0 Å². The molecule has 0 saturated heterocycles. The molecule has 0 radical (unpaired) electrons. The Labute approximate surface area is 98.5 Å². The second kappa shape index (κ2) is 6.16. The fourth-order valence-electron chi connectivity index (χ4n) is 1.63. The number of hydrogen-bond acceptors (Lipinski definition) is 1. The third-order valence-corrected chi connectivity index (χ3v) is 2.62. The maximum atomic E-state index is 5.99. The zero-order valence-corrected chi connectivity index (χ0v) is 10.4. The van der Waals surface area contributed by atoms with Gasteiger partial charge in [-0.1, -0.05) is 43.9 Å². The monoisotopic (exact) mass is 216 g/mol. The van der Waals surface area contributed by atoms with Crippen LogP contribution in [-0.2, 0) is 0 Å². The van der Waals surface area contributed by atoms with Gasteiger partial charge in [0.2, 0.25) is 0 Å². The zero-order valence-electron chi connectivity index (χ0n) is 10.4. The molecule has 0 aliphatic heterocycles. The van der Waals surface area contributed by atoms with E-state index >= 15 is 0 Å². The first-order valence-electron chi connectivity index (χ1n) is 5.70. The molecule has 0 aromatic heterocycles. The molecule has 0 heterocycles. The lowest BCUT2D eigenvalue weighted by atomic mass is 10.1. The van der Waals surface area contributed by atoms with Gasteiger partial charge in [0.05, 0.1) is 0 Å². The van der Waals surface area contributed by atoms with Crippen LogP contribution in [0.2, 0.25) is 0 Å². The standard InChI is InChI=1S/C15H20O/c1-5-9-12(3)14(6-2)16-15-11-8-7-10-13(15)4/h5,7-11,14H,1,6H2,2-4H3/t14-/m1/s1. The van der Waals surface area contributed by atoms with E-state index in [1.165, 1.54) is 11.1 Å². The maximum Gasteiger partial charge on any atom is 0.123 e. The lowest BCUT2D eigenvalue weighted by molar-refractivity contribution is 0.231. The predicted molar refractivity (Wildman–Crippen MR) is 69.8 cm³/mol. The Balaban J connectivity index is 2.82. The van der Waals surface area contributed by atoms with Crippen molar-refractivity contribution in [2.24, 2.45) is 0 Å². The number of ether oxygens (including phenoxy) is 1. The third-order valence-electron chi connectivity index (χ3n) is 2.62. The maximum absolute atomic E-state index is 5.99. The van der Waals surface area contributed by atoms with Crippen molar-refractivity contribution in [3.63, 3.8) is 0 Å². The second-order valence-corrected chi connectivity index (χ2v) is 3.93. The van der Waals surface area contributed by atoms with Crippen LogP contribution in [0.4, 0.5) is 0 Å². The van der Waals surface area contributed by atoms with Crippen LogP contribution in [-0.4, -0.2) is 6.10 Å². The Kier molecular flexibility index (Phi) is 4.84. The number of aryl methyl sites for hydroxylation is 1. The average molecular weight is 216 g/mol. The molecule has 0 N–H and O–H groups in total. The Morgan fingerprint density at radius 1 is 1.44 bits per heavy atom. The lowest BCUT2D eigenvalue weighted by Gasteiger charge is -2.19. The molecular weight excluding hydrogens is 196 g/mol. The highest BCUT2D eigenvalue weighted by molar-refractivity contribution is 5.32. The topological polar surface area (TPSA) is 9.23 Å². The first kappa shape index (κ1) is 12.6. The summed E-state index contributed by atoms with van der Waals surface area (Å²) in [4.78, 5) is 0. The Morgan fingerprint density at radius 2 is 2.12 bits per heavy atom. The van der Waals surface area contributed by atoms with Gasteiger partial charge in [0, 0.05) is 0 Å². The Hall–Kier alpha value is -1.50. The van der Waals surface area contributed by atoms with E-state index in [2.05, 4.69) is 33.4 Å². The van der Waals surface area contributed by atoms with E-state index in [-0.39, 0.29) is 6.10 Å². The van der Waals surface area contributed by atoms with Gasteiger partial charge in [-0.15, -0.1) is 0 Å². The molecule has 16 heavy (non-hydrogen) atoms. The van der Waals surface area contributed by atoms with Gasteiger partial charge in [0.25, 0.3) is 0 Å². The molecule has 86 valence electrons. The van der Waals surface area contributed by atoms with Gasteiger partial charge >= 0.3 is 0 Å². The van der Waals surface area contributed by atoms with E-state index in [4.69, 9.17) is 4.74 Å². The fraction of sp³-hybridized carbons (Fsp3) is 0.333. The van der Waals surface area contributed by atoms with E-state index < -0.39 is 0 Å². The fourth-order valence-corrected chi connectivity index (χ4v) is 1.63. The number of para-hydroxylation sites is 1. The Bertz CT molecular complexity index is 377. The van der Waals surface area contributed by atoms with Crippen molar-refractivity contribution < 1.29 is 4.74 Å². The number of allylic oxidation sites excluding steroid dienone is 2. The van der Waals surface area contributed by atoms with Crippen molar-refractivity contribution >= 4 is 0 Å². The van der Waals surface area contributed by atoms with Crippen molar-refractivity contribution in [2.45, 2.75) is 33.3 Å². The average Bonchev–Trinajstić information content (AvgIpc) is 2.28. The minimum Gasteiger partial charge on any atom is -0.486 e. The summed E-state index contributed by atoms with van der Waals surface area (Å²) in [7, 11) is 0. The van der Waals surface area contributed by atoms with E-state index in [0.717, 1.165) is 12.2 Å². The summed E-state index contributed by atoms with van der Waals surface area (Å²) in [6.45, 7) is 9.98. The molecule has 1 rings (SSSR count). The second-order valence-electron chi connectivity index (χ2n) is 3.93. The summed E-state index contributed by atoms with van der Waals surface area (Å²) in [5.41, 5.74) is 2.38. The summed E-state index contributed by atoms with van der Waals surface area (Å²) in [6, 6.07) is 8.10. The summed E-state index contributed by atoms with van der Waals surface area (Å²) < 4.78 is 5.99. The van der Waals surface area contributed by atoms with Gasteiger partial charge in [-0.3, -0.25) is 0 Å². The van der Waals surface area contributed by atoms with E-state index in [9.17, 15) is 0 Å². The first-order chi connectivity index (χ1) is 7.69. The van der Waals surface area contributed by atoms with Crippen LogP contribution < -0.4 is 4.74 Å². The van der Waals surface area contributed by atoms with Gasteiger partial charge < -0.3 is 4.74 Å². The smallest absolute Gasteiger partial charge is 0.123 e. The summed E-state index contributed by atoms with van der Waals surface area (Å²) in [6.07, 6.45) is 4.91. The molecule has 0 spiro atoms. The predicted octanol–water partition coefficient (Wildman–Crippen LogP) is 4.28. The van der Waals surface area contributed by atoms with Crippen molar-refractivity contribution in [3.05, 3.63) is 54.1 Å². The molecule has 0 fully saturated rings. The van der Waals surface area contributed by atoms with Crippen LogP contribution in [0.15, 0.2) is 48.6 Å². The van der Waals surface area contributed by atoms with E-state index in [0.29, 0.717) is 0 Å². The van der Waals surface area contributed by atoms with Gasteiger partial charge in [0.15, 0.2) is 0 Å². The van der Waals surface area contributed by atoms with Gasteiger partial charge in [-0.2, -0.15) is 0 Å². The highest BCUT2D eigenvalue weighted by Gasteiger charge is 2.10. The van der Waals surface area contributed by atoms with Crippen LogP contribution in [0, 0.1) is 6.92 Å².